The third kappa shape index (κ3) is 7.48. The van der Waals surface area contributed by atoms with Crippen molar-refractivity contribution in [2.75, 3.05) is 18.2 Å². The number of nitrogens with one attached hydrogen (secondary N) is 1. The first-order chi connectivity index (χ1) is 19.6. The van der Waals surface area contributed by atoms with Crippen LogP contribution in [0.5, 0.6) is 5.75 Å². The Balaban J connectivity index is 1.44. The molecule has 2 heterocycles. The molecule has 4 aromatic rings. The number of alkyl halides is 3. The summed E-state index contributed by atoms with van der Waals surface area (Å²) < 4.78 is 51.1. The normalized spacial score (nSPS) is 11.2. The fourth-order valence-electron chi connectivity index (χ4n) is 3.64. The monoisotopic (exact) mass is 622 g/mol. The van der Waals surface area contributed by atoms with E-state index in [0.29, 0.717) is 26.6 Å². The molecule has 0 atom stereocenters. The first kappa shape index (κ1) is 30.2. The number of anilines is 1. The van der Waals surface area contributed by atoms with Crippen molar-refractivity contribution in [2.45, 2.75) is 24.5 Å². The van der Waals surface area contributed by atoms with Crippen molar-refractivity contribution in [2.24, 2.45) is 0 Å². The van der Waals surface area contributed by atoms with Gasteiger partial charge in [0.05, 0.1) is 18.4 Å². The summed E-state index contributed by atoms with van der Waals surface area (Å²) in [5.41, 5.74) is 0.726. The number of ether oxygens (including phenoxy) is 2. The highest BCUT2D eigenvalue weighted by molar-refractivity contribution is 7.99. The van der Waals surface area contributed by atoms with E-state index in [9.17, 15) is 22.8 Å². The van der Waals surface area contributed by atoms with Gasteiger partial charge < -0.3 is 14.8 Å². The number of rotatable bonds is 11. The highest BCUT2D eigenvalue weighted by atomic mass is 35.5. The highest BCUT2D eigenvalue weighted by Crippen LogP contribution is 2.37. The molecule has 1 N–H and O–H groups in total. The maximum atomic E-state index is 13.0. The molecule has 41 heavy (non-hydrogen) atoms. The van der Waals surface area contributed by atoms with E-state index in [2.05, 4.69) is 22.1 Å². The molecule has 0 fully saturated rings. The molecule has 0 unspecified atom stereocenters. The number of aromatic nitrogens is 3. The summed E-state index contributed by atoms with van der Waals surface area (Å²) in [7, 11) is 1.26. The molecule has 1 amide bonds. The average Bonchev–Trinajstić information content (AvgIpc) is 3.54. The average molecular weight is 623 g/mol. The number of thiophene rings is 1. The van der Waals surface area contributed by atoms with Crippen LogP contribution in [0.2, 0.25) is 5.02 Å². The third-order valence-corrected chi connectivity index (χ3v) is 7.67. The number of esters is 1. The van der Waals surface area contributed by atoms with E-state index in [0.717, 1.165) is 29.5 Å². The van der Waals surface area contributed by atoms with Crippen molar-refractivity contribution in [1.82, 2.24) is 14.8 Å². The van der Waals surface area contributed by atoms with E-state index >= 15 is 0 Å². The summed E-state index contributed by atoms with van der Waals surface area (Å²) in [6, 6.07) is 11.4. The molecule has 0 aliphatic heterocycles. The summed E-state index contributed by atoms with van der Waals surface area (Å²) in [6.07, 6.45) is -2.90. The van der Waals surface area contributed by atoms with Gasteiger partial charge in [-0.25, -0.2) is 4.79 Å². The lowest BCUT2D eigenvalue weighted by atomic mass is 10.0. The minimum atomic E-state index is -4.50. The van der Waals surface area contributed by atoms with Gasteiger partial charge >= 0.3 is 12.1 Å². The van der Waals surface area contributed by atoms with Gasteiger partial charge in [-0.1, -0.05) is 47.6 Å². The molecule has 0 radical (unpaired) electrons. The highest BCUT2D eigenvalue weighted by Gasteiger charge is 2.30. The van der Waals surface area contributed by atoms with Crippen molar-refractivity contribution in [3.63, 3.8) is 0 Å². The predicted octanol–water partition coefficient (Wildman–Crippen LogP) is 6.96. The molecule has 0 saturated carbocycles. The topological polar surface area (TPSA) is 95.3 Å². The molecule has 0 aliphatic rings. The van der Waals surface area contributed by atoms with Gasteiger partial charge in [0.1, 0.15) is 22.9 Å². The maximum Gasteiger partial charge on any atom is 0.416 e. The zero-order chi connectivity index (χ0) is 29.6. The van der Waals surface area contributed by atoms with Gasteiger partial charge in [0.2, 0.25) is 5.91 Å². The Morgan fingerprint density at radius 1 is 1.20 bits per heavy atom. The van der Waals surface area contributed by atoms with Crippen LogP contribution in [0.25, 0.3) is 11.1 Å². The zero-order valence-electron chi connectivity index (χ0n) is 21.4. The minimum Gasteiger partial charge on any atom is -0.486 e. The van der Waals surface area contributed by atoms with Crippen molar-refractivity contribution < 1.29 is 32.2 Å². The Kier molecular flexibility index (Phi) is 9.73. The van der Waals surface area contributed by atoms with E-state index in [1.54, 1.807) is 40.3 Å². The molecule has 2 aromatic heterocycles. The van der Waals surface area contributed by atoms with E-state index in [-0.39, 0.29) is 30.2 Å². The van der Waals surface area contributed by atoms with Gasteiger partial charge in [0.15, 0.2) is 11.0 Å². The molecule has 8 nitrogen and oxygen atoms in total. The molecule has 214 valence electrons. The van der Waals surface area contributed by atoms with E-state index in [1.807, 2.05) is 0 Å². The van der Waals surface area contributed by atoms with Crippen molar-refractivity contribution in [3.8, 4) is 16.9 Å². The third-order valence-electron chi connectivity index (χ3n) is 5.56. The molecular formula is C27H22ClF3N4O4S2. The van der Waals surface area contributed by atoms with Crippen LogP contribution in [0, 0.1) is 0 Å². The fourth-order valence-corrected chi connectivity index (χ4v) is 5.51. The van der Waals surface area contributed by atoms with Crippen LogP contribution in [-0.4, -0.2) is 39.5 Å². The number of carbonyl (C=O) groups excluding carboxylic acids is 2. The number of hydrogen-bond acceptors (Lipinski definition) is 8. The van der Waals surface area contributed by atoms with Crippen molar-refractivity contribution in [1.29, 1.82) is 0 Å². The molecule has 0 bridgehead atoms. The summed E-state index contributed by atoms with van der Waals surface area (Å²) in [5.74, 6) is -0.714. The number of methoxy groups -OCH3 is 1. The smallest absolute Gasteiger partial charge is 0.416 e. The number of allylic oxidation sites excluding steroid dienone is 1. The number of benzene rings is 2. The predicted molar refractivity (Wildman–Crippen MR) is 151 cm³/mol. The van der Waals surface area contributed by atoms with Crippen LogP contribution in [0.15, 0.2) is 71.7 Å². The second-order valence-electron chi connectivity index (χ2n) is 8.30. The number of hydrogen-bond donors (Lipinski definition) is 1. The van der Waals surface area contributed by atoms with Crippen LogP contribution in [0.1, 0.15) is 21.7 Å². The lowest BCUT2D eigenvalue weighted by molar-refractivity contribution is -0.137. The van der Waals surface area contributed by atoms with Crippen LogP contribution in [-0.2, 0) is 28.9 Å². The molecule has 4 rings (SSSR count). The standard InChI is InChI=1S/C27H22ClF3N4O4S2/c1-3-11-35-21(13-39-19-6-4-5-17(12-19)27(29,30)31)33-34-26(35)41-15-22(36)32-24-23(25(37)38-2)20(14-40-24)16-7-9-18(28)10-8-16/h3-10,12,14H,1,11,13,15H2,2H3,(H,32,36). The molecule has 0 aliphatic carbocycles. The Bertz CT molecular complexity index is 1550. The maximum absolute atomic E-state index is 13.0. The summed E-state index contributed by atoms with van der Waals surface area (Å²) in [5, 5.41) is 13.9. The van der Waals surface area contributed by atoms with Crippen molar-refractivity contribution >= 4 is 51.6 Å². The van der Waals surface area contributed by atoms with Crippen LogP contribution < -0.4 is 10.1 Å². The summed E-state index contributed by atoms with van der Waals surface area (Å²) in [4.78, 5) is 25.4. The lowest BCUT2D eigenvalue weighted by Crippen LogP contribution is -2.16. The number of nitrogens with zero attached hydrogens (tertiary/aromatic N) is 3. The first-order valence-corrected chi connectivity index (χ1v) is 14.1. The number of carbonyl (C=O) groups is 2. The Labute approximate surface area is 246 Å². The molecule has 2 aromatic carbocycles. The second-order valence-corrected chi connectivity index (χ2v) is 10.6. The van der Waals surface area contributed by atoms with Gasteiger partial charge in [-0.2, -0.15) is 13.2 Å². The van der Waals surface area contributed by atoms with Gasteiger partial charge in [-0.15, -0.1) is 28.1 Å². The Hall–Kier alpha value is -3.81. The van der Waals surface area contributed by atoms with Gasteiger partial charge in [0, 0.05) is 22.5 Å². The SMILES string of the molecule is C=CCn1c(COc2cccc(C(F)(F)F)c2)nnc1SCC(=O)Nc1scc(-c2ccc(Cl)cc2)c1C(=O)OC. The fraction of sp³-hybridized carbons (Fsp3) is 0.185. The van der Waals surface area contributed by atoms with Gasteiger partial charge in [-0.3, -0.25) is 9.36 Å². The number of thioether (sulfide) groups is 1. The van der Waals surface area contributed by atoms with Gasteiger partial charge in [-0.05, 0) is 35.9 Å². The largest absolute Gasteiger partial charge is 0.486 e. The number of amides is 1. The Morgan fingerprint density at radius 2 is 1.95 bits per heavy atom. The minimum absolute atomic E-state index is 0.0249. The van der Waals surface area contributed by atoms with Gasteiger partial charge in [0.25, 0.3) is 0 Å². The van der Waals surface area contributed by atoms with E-state index in [1.165, 1.54) is 30.6 Å². The molecule has 14 heteroatoms. The Morgan fingerprint density at radius 3 is 2.63 bits per heavy atom. The summed E-state index contributed by atoms with van der Waals surface area (Å²) in [6.45, 7) is 3.84. The summed E-state index contributed by atoms with van der Waals surface area (Å²) >= 11 is 8.25. The van der Waals surface area contributed by atoms with Crippen LogP contribution >= 0.6 is 34.7 Å². The number of halogens is 4. The molecular weight excluding hydrogens is 601 g/mol. The lowest BCUT2D eigenvalue weighted by Gasteiger charge is -2.11. The molecule has 0 saturated heterocycles. The van der Waals surface area contributed by atoms with Crippen LogP contribution in [0.3, 0.4) is 0 Å². The second kappa shape index (κ2) is 13.2. The van der Waals surface area contributed by atoms with Crippen LogP contribution in [0.4, 0.5) is 18.2 Å². The van der Waals surface area contributed by atoms with Crippen molar-refractivity contribution in [3.05, 3.63) is 88.5 Å². The zero-order valence-corrected chi connectivity index (χ0v) is 23.8. The first-order valence-electron chi connectivity index (χ1n) is 11.8. The van der Waals surface area contributed by atoms with E-state index < -0.39 is 23.6 Å². The molecule has 0 spiro atoms. The quantitative estimate of drug-likeness (QED) is 0.110. The van der Waals surface area contributed by atoms with E-state index in [4.69, 9.17) is 21.1 Å².